The largest absolute Gasteiger partial charge is 0.364 e. The Bertz CT molecular complexity index is 969. The molecule has 0 atom stereocenters. The summed E-state index contributed by atoms with van der Waals surface area (Å²) >= 11 is 0. The maximum absolute atomic E-state index is 12.6. The molecule has 31 heavy (non-hydrogen) atoms. The summed E-state index contributed by atoms with van der Waals surface area (Å²) in [6, 6.07) is 9.99. The molecule has 1 N–H and O–H groups in total. The minimum atomic E-state index is -3.41. The summed E-state index contributed by atoms with van der Waals surface area (Å²) in [4.78, 5) is 6.53. The Kier molecular flexibility index (Phi) is 8.90. The summed E-state index contributed by atoms with van der Waals surface area (Å²) in [5.74, 6) is 0.659. The van der Waals surface area contributed by atoms with Crippen molar-refractivity contribution in [1.82, 2.24) is 19.7 Å². The molecule has 1 aromatic carbocycles. The van der Waals surface area contributed by atoms with Crippen molar-refractivity contribution in [1.29, 1.82) is 0 Å². The van der Waals surface area contributed by atoms with Gasteiger partial charge in [0, 0.05) is 51.3 Å². The second-order valence-corrected chi connectivity index (χ2v) is 10.2. The van der Waals surface area contributed by atoms with Crippen LogP contribution in [0.5, 0.6) is 0 Å². The molecular weight excluding hydrogens is 529 g/mol. The number of aromatic nitrogens is 1. The van der Waals surface area contributed by atoms with Crippen molar-refractivity contribution in [2.75, 3.05) is 39.8 Å². The SMILES string of the molecule is CN=C(NCC(C)(C)c1ccccc1C)N1CCN(S(=O)(=O)Cc2ccon2)CC1.I. The predicted molar refractivity (Wildman–Crippen MR) is 133 cm³/mol. The minimum Gasteiger partial charge on any atom is -0.364 e. The van der Waals surface area contributed by atoms with Gasteiger partial charge in [-0.1, -0.05) is 43.3 Å². The molecule has 3 rings (SSSR count). The van der Waals surface area contributed by atoms with E-state index in [-0.39, 0.29) is 35.1 Å². The first-order valence-corrected chi connectivity index (χ1v) is 11.7. The fraction of sp³-hybridized carbons (Fsp3) is 0.524. The van der Waals surface area contributed by atoms with E-state index in [0.29, 0.717) is 31.9 Å². The number of hydrogen-bond donors (Lipinski definition) is 1. The van der Waals surface area contributed by atoms with Crippen LogP contribution in [0.25, 0.3) is 0 Å². The van der Waals surface area contributed by atoms with Crippen molar-refractivity contribution in [2.45, 2.75) is 31.9 Å². The number of nitrogens with zero attached hydrogens (tertiary/aromatic N) is 4. The zero-order valence-electron chi connectivity index (χ0n) is 18.5. The molecule has 0 bridgehead atoms. The van der Waals surface area contributed by atoms with Gasteiger partial charge in [-0.2, -0.15) is 4.31 Å². The van der Waals surface area contributed by atoms with Crippen molar-refractivity contribution in [3.8, 4) is 0 Å². The Hall–Kier alpha value is -1.66. The lowest BCUT2D eigenvalue weighted by Crippen LogP contribution is -2.55. The number of sulfonamides is 1. The molecule has 1 fully saturated rings. The topological polar surface area (TPSA) is 91.0 Å². The monoisotopic (exact) mass is 561 g/mol. The lowest BCUT2D eigenvalue weighted by atomic mass is 9.82. The molecule has 10 heteroatoms. The van der Waals surface area contributed by atoms with E-state index in [4.69, 9.17) is 4.52 Å². The number of halogens is 1. The summed E-state index contributed by atoms with van der Waals surface area (Å²) in [6.45, 7) is 9.29. The number of guanidine groups is 1. The molecule has 1 saturated heterocycles. The van der Waals surface area contributed by atoms with E-state index in [1.807, 2.05) is 0 Å². The Morgan fingerprint density at radius 3 is 2.45 bits per heavy atom. The van der Waals surface area contributed by atoms with Crippen molar-refractivity contribution in [3.63, 3.8) is 0 Å². The van der Waals surface area contributed by atoms with Crippen molar-refractivity contribution in [2.24, 2.45) is 4.99 Å². The lowest BCUT2D eigenvalue weighted by molar-refractivity contribution is 0.258. The van der Waals surface area contributed by atoms with E-state index in [1.165, 1.54) is 21.7 Å². The molecule has 8 nitrogen and oxygen atoms in total. The van der Waals surface area contributed by atoms with Gasteiger partial charge in [0.25, 0.3) is 0 Å². The van der Waals surface area contributed by atoms with Crippen molar-refractivity contribution >= 4 is 40.0 Å². The molecule has 2 heterocycles. The summed E-state index contributed by atoms with van der Waals surface area (Å²) in [5, 5.41) is 7.19. The van der Waals surface area contributed by atoms with E-state index < -0.39 is 10.0 Å². The number of aryl methyl sites for hydroxylation is 1. The zero-order chi connectivity index (χ0) is 21.8. The Balaban J connectivity index is 0.00000341. The van der Waals surface area contributed by atoms with Crippen LogP contribution in [-0.2, 0) is 21.2 Å². The van der Waals surface area contributed by atoms with Crippen LogP contribution in [0.15, 0.2) is 46.1 Å². The first-order valence-electron chi connectivity index (χ1n) is 10.1. The van der Waals surface area contributed by atoms with E-state index >= 15 is 0 Å². The average Bonchev–Trinajstić information content (AvgIpc) is 3.21. The highest BCUT2D eigenvalue weighted by Crippen LogP contribution is 2.25. The molecule has 0 spiro atoms. The van der Waals surface area contributed by atoms with Gasteiger partial charge in [-0.25, -0.2) is 8.42 Å². The van der Waals surface area contributed by atoms with Crippen molar-refractivity contribution < 1.29 is 12.9 Å². The first kappa shape index (κ1) is 25.6. The summed E-state index contributed by atoms with van der Waals surface area (Å²) < 4.78 is 31.5. The second kappa shape index (κ2) is 10.8. The zero-order valence-corrected chi connectivity index (χ0v) is 21.7. The summed E-state index contributed by atoms with van der Waals surface area (Å²) in [6.07, 6.45) is 1.39. The van der Waals surface area contributed by atoms with Crippen LogP contribution in [0, 0.1) is 6.92 Å². The molecule has 1 aliphatic heterocycles. The molecule has 2 aromatic rings. The van der Waals surface area contributed by atoms with Gasteiger partial charge in [-0.3, -0.25) is 4.99 Å². The standard InChI is InChI=1S/C21H31N5O3S.HI/c1-17-7-5-6-8-19(17)21(2,3)16-23-20(22-4)25-10-12-26(13-11-25)30(27,28)15-18-9-14-29-24-18;/h5-9,14H,10-13,15-16H2,1-4H3,(H,22,23);1H. The van der Waals surface area contributed by atoms with Gasteiger partial charge < -0.3 is 14.7 Å². The minimum absolute atomic E-state index is 0. The van der Waals surface area contributed by atoms with E-state index in [1.54, 1.807) is 13.1 Å². The molecule has 1 aromatic heterocycles. The third-order valence-electron chi connectivity index (χ3n) is 5.53. The molecule has 0 unspecified atom stereocenters. The number of benzene rings is 1. The highest BCUT2D eigenvalue weighted by atomic mass is 127. The quantitative estimate of drug-likeness (QED) is 0.332. The fourth-order valence-electron chi connectivity index (χ4n) is 3.83. The highest BCUT2D eigenvalue weighted by molar-refractivity contribution is 14.0. The van der Waals surface area contributed by atoms with Gasteiger partial charge in [0.1, 0.15) is 12.0 Å². The van der Waals surface area contributed by atoms with Gasteiger partial charge in [0.15, 0.2) is 5.96 Å². The molecule has 0 aliphatic carbocycles. The number of piperazine rings is 1. The Morgan fingerprint density at radius 2 is 1.87 bits per heavy atom. The van der Waals surface area contributed by atoms with Crippen LogP contribution in [0.3, 0.4) is 0 Å². The third kappa shape index (κ3) is 6.42. The van der Waals surface area contributed by atoms with Crippen LogP contribution >= 0.6 is 24.0 Å². The maximum Gasteiger partial charge on any atom is 0.220 e. The average molecular weight is 561 g/mol. The van der Waals surface area contributed by atoms with Gasteiger partial charge in [-0.05, 0) is 18.1 Å². The molecule has 0 amide bonds. The van der Waals surface area contributed by atoms with E-state index in [2.05, 4.69) is 65.4 Å². The van der Waals surface area contributed by atoms with E-state index in [9.17, 15) is 8.42 Å². The van der Waals surface area contributed by atoms with Gasteiger partial charge in [-0.15, -0.1) is 24.0 Å². The summed E-state index contributed by atoms with van der Waals surface area (Å²) in [7, 11) is -1.65. The Labute approximate surface area is 202 Å². The van der Waals surface area contributed by atoms with Gasteiger partial charge >= 0.3 is 0 Å². The maximum atomic E-state index is 12.6. The van der Waals surface area contributed by atoms with Gasteiger partial charge in [0.2, 0.25) is 10.0 Å². The molecule has 0 saturated carbocycles. The van der Waals surface area contributed by atoms with Crippen LogP contribution < -0.4 is 5.32 Å². The first-order chi connectivity index (χ1) is 14.2. The fourth-order valence-corrected chi connectivity index (χ4v) is 5.25. The predicted octanol–water partition coefficient (Wildman–Crippen LogP) is 2.60. The number of aliphatic imine (C=N–C) groups is 1. The smallest absolute Gasteiger partial charge is 0.220 e. The Morgan fingerprint density at radius 1 is 1.19 bits per heavy atom. The van der Waals surface area contributed by atoms with Crippen LogP contribution in [0.1, 0.15) is 30.7 Å². The number of hydrogen-bond acceptors (Lipinski definition) is 5. The molecule has 0 radical (unpaired) electrons. The molecule has 172 valence electrons. The van der Waals surface area contributed by atoms with Crippen molar-refractivity contribution in [3.05, 3.63) is 53.4 Å². The number of rotatable bonds is 6. The van der Waals surface area contributed by atoms with Crippen LogP contribution in [-0.4, -0.2) is 68.5 Å². The second-order valence-electron chi connectivity index (χ2n) is 8.23. The van der Waals surface area contributed by atoms with Crippen LogP contribution in [0.4, 0.5) is 0 Å². The lowest BCUT2D eigenvalue weighted by Gasteiger charge is -2.37. The van der Waals surface area contributed by atoms with E-state index in [0.717, 1.165) is 12.5 Å². The number of nitrogens with one attached hydrogen (secondary N) is 1. The highest BCUT2D eigenvalue weighted by Gasteiger charge is 2.30. The molecular formula is C21H32IN5O3S. The van der Waals surface area contributed by atoms with Gasteiger partial charge in [0.05, 0.1) is 5.69 Å². The third-order valence-corrected chi connectivity index (χ3v) is 7.34. The van der Waals surface area contributed by atoms with Crippen LogP contribution in [0.2, 0.25) is 0 Å². The molecule has 1 aliphatic rings. The normalized spacial score (nSPS) is 16.1. The summed E-state index contributed by atoms with van der Waals surface area (Å²) in [5.41, 5.74) is 2.93.